The van der Waals surface area contributed by atoms with Crippen molar-refractivity contribution in [2.24, 2.45) is 11.3 Å². The first-order chi connectivity index (χ1) is 18.4. The van der Waals surface area contributed by atoms with Gasteiger partial charge in [-0.2, -0.15) is 0 Å². The topological polar surface area (TPSA) is 40.5 Å². The maximum atomic E-state index is 11.0. The minimum absolute atomic E-state index is 0.218. The van der Waals surface area contributed by atoms with Crippen molar-refractivity contribution in [1.82, 2.24) is 0 Å². The van der Waals surface area contributed by atoms with Crippen molar-refractivity contribution >= 4 is 0 Å². The summed E-state index contributed by atoms with van der Waals surface area (Å²) >= 11 is 0. The van der Waals surface area contributed by atoms with Gasteiger partial charge in [-0.15, -0.1) is 0 Å². The maximum absolute atomic E-state index is 11.0. The van der Waals surface area contributed by atoms with Gasteiger partial charge < -0.3 is 10.2 Å². The number of hydrogen-bond acceptors (Lipinski definition) is 2. The lowest BCUT2D eigenvalue weighted by atomic mass is 9.37. The van der Waals surface area contributed by atoms with Crippen LogP contribution in [0, 0.1) is 11.3 Å². The van der Waals surface area contributed by atoms with Crippen molar-refractivity contribution in [3.8, 4) is 11.5 Å². The molecule has 0 amide bonds. The van der Waals surface area contributed by atoms with Crippen LogP contribution in [0.25, 0.3) is 0 Å². The number of phenols is 2. The molecule has 4 bridgehead atoms. The quantitative estimate of drug-likeness (QED) is 0.418. The second-order valence-corrected chi connectivity index (χ2v) is 14.6. The van der Waals surface area contributed by atoms with Gasteiger partial charge in [0.2, 0.25) is 0 Å². The summed E-state index contributed by atoms with van der Waals surface area (Å²) in [6.07, 6.45) is 22.0. The average molecular weight is 513 g/mol. The molecule has 0 radical (unpaired) electrons. The van der Waals surface area contributed by atoms with E-state index in [0.29, 0.717) is 28.7 Å². The van der Waals surface area contributed by atoms with E-state index in [1.807, 2.05) is 12.1 Å². The Morgan fingerprint density at radius 3 is 1.55 bits per heavy atom. The van der Waals surface area contributed by atoms with E-state index in [2.05, 4.69) is 31.2 Å². The van der Waals surface area contributed by atoms with Crippen LogP contribution in [0.15, 0.2) is 36.4 Å². The molecule has 2 nitrogen and oxygen atoms in total. The number of benzene rings is 2. The highest BCUT2D eigenvalue weighted by atomic mass is 16.3. The first-order valence-corrected chi connectivity index (χ1v) is 16.1. The zero-order valence-corrected chi connectivity index (χ0v) is 23.6. The zero-order chi connectivity index (χ0) is 26.0. The molecule has 0 saturated heterocycles. The van der Waals surface area contributed by atoms with E-state index in [-0.39, 0.29) is 10.8 Å². The van der Waals surface area contributed by atoms with Crippen LogP contribution >= 0.6 is 0 Å². The highest BCUT2D eigenvalue weighted by Crippen LogP contribution is 2.71. The third kappa shape index (κ3) is 4.03. The Morgan fingerprint density at radius 2 is 1.11 bits per heavy atom. The van der Waals surface area contributed by atoms with Crippen LogP contribution in [0.4, 0.5) is 0 Å². The van der Waals surface area contributed by atoms with Gasteiger partial charge in [0.25, 0.3) is 0 Å². The molecular formula is C36H48O2. The van der Waals surface area contributed by atoms with Gasteiger partial charge in [-0.25, -0.2) is 0 Å². The summed E-state index contributed by atoms with van der Waals surface area (Å²) in [5.74, 6) is 2.90. The van der Waals surface area contributed by atoms with Gasteiger partial charge in [0, 0.05) is 0 Å². The molecule has 2 aromatic rings. The molecule has 6 fully saturated rings. The number of rotatable bonds is 5. The van der Waals surface area contributed by atoms with Crippen molar-refractivity contribution in [1.29, 1.82) is 0 Å². The molecule has 0 aromatic heterocycles. The summed E-state index contributed by atoms with van der Waals surface area (Å²) in [6.45, 7) is 2.45. The highest BCUT2D eigenvalue weighted by molar-refractivity contribution is 5.47. The lowest BCUT2D eigenvalue weighted by molar-refractivity contribution is -0.0920. The van der Waals surface area contributed by atoms with E-state index < -0.39 is 0 Å². The van der Waals surface area contributed by atoms with Crippen LogP contribution in [-0.4, -0.2) is 10.2 Å². The molecule has 0 spiro atoms. The summed E-state index contributed by atoms with van der Waals surface area (Å²) in [5.41, 5.74) is 6.38. The first kappa shape index (κ1) is 25.0. The standard InChI is InChI=1S/C36H48O2/c1-2-34-19-25-20-35(22-34,28-13-15-32(37)30(17-28)26-9-5-3-6-10-26)24-36(21-25,23-34)29-14-16-33(38)31(18-29)27-11-7-4-8-12-27/h13-18,25-27,37-38H,2-12,19-24H2,1H3. The molecular weight excluding hydrogens is 464 g/mol. The van der Waals surface area contributed by atoms with E-state index in [4.69, 9.17) is 0 Å². The van der Waals surface area contributed by atoms with E-state index in [1.54, 1.807) is 0 Å². The minimum Gasteiger partial charge on any atom is -0.508 e. The van der Waals surface area contributed by atoms with Gasteiger partial charge in [0.15, 0.2) is 0 Å². The maximum Gasteiger partial charge on any atom is 0.119 e. The average Bonchev–Trinajstić information content (AvgIpc) is 2.94. The normalized spacial score (nSPS) is 35.6. The van der Waals surface area contributed by atoms with Crippen molar-refractivity contribution in [3.63, 3.8) is 0 Å². The van der Waals surface area contributed by atoms with Gasteiger partial charge in [0.1, 0.15) is 11.5 Å². The molecule has 2 N–H and O–H groups in total. The zero-order valence-electron chi connectivity index (χ0n) is 23.6. The van der Waals surface area contributed by atoms with Crippen LogP contribution in [0.5, 0.6) is 11.5 Å². The van der Waals surface area contributed by atoms with E-state index in [1.165, 1.54) is 131 Å². The van der Waals surface area contributed by atoms with Crippen LogP contribution in [0.3, 0.4) is 0 Å². The summed E-state index contributed by atoms with van der Waals surface area (Å²) in [6, 6.07) is 13.6. The first-order valence-electron chi connectivity index (χ1n) is 16.1. The Balaban J connectivity index is 1.30. The molecule has 2 unspecified atom stereocenters. The van der Waals surface area contributed by atoms with E-state index in [9.17, 15) is 10.2 Å². The highest BCUT2D eigenvalue weighted by Gasteiger charge is 2.63. The molecule has 6 aliphatic carbocycles. The molecule has 8 rings (SSSR count). The van der Waals surface area contributed by atoms with Gasteiger partial charge in [-0.05, 0) is 133 Å². The molecule has 2 atom stereocenters. The van der Waals surface area contributed by atoms with Crippen LogP contribution in [0.1, 0.15) is 150 Å². The predicted molar refractivity (Wildman–Crippen MR) is 155 cm³/mol. The lowest BCUT2D eigenvalue weighted by Gasteiger charge is -2.67. The van der Waals surface area contributed by atoms with Crippen LogP contribution in [0.2, 0.25) is 0 Å². The lowest BCUT2D eigenvalue weighted by Crippen LogP contribution is -2.60. The van der Waals surface area contributed by atoms with Crippen molar-refractivity contribution in [2.45, 2.75) is 139 Å². The number of hydrogen-bond donors (Lipinski definition) is 2. The Labute approximate surface area is 230 Å². The fraction of sp³-hybridized carbons (Fsp3) is 0.667. The van der Waals surface area contributed by atoms with E-state index in [0.717, 1.165) is 5.92 Å². The van der Waals surface area contributed by atoms with Crippen molar-refractivity contribution < 1.29 is 10.2 Å². The fourth-order valence-electron chi connectivity index (χ4n) is 10.9. The third-order valence-electron chi connectivity index (χ3n) is 12.3. The number of phenolic OH excluding ortho intramolecular Hbond substituents is 2. The molecule has 6 aliphatic rings. The van der Waals surface area contributed by atoms with E-state index >= 15 is 0 Å². The second-order valence-electron chi connectivity index (χ2n) is 14.6. The molecule has 2 heteroatoms. The molecule has 2 aromatic carbocycles. The second kappa shape index (κ2) is 9.31. The van der Waals surface area contributed by atoms with Crippen LogP contribution in [-0.2, 0) is 10.8 Å². The molecule has 38 heavy (non-hydrogen) atoms. The fourth-order valence-corrected chi connectivity index (χ4v) is 10.9. The third-order valence-corrected chi connectivity index (χ3v) is 12.3. The van der Waals surface area contributed by atoms with Gasteiger partial charge in [-0.1, -0.05) is 76.1 Å². The molecule has 0 heterocycles. The summed E-state index contributed by atoms with van der Waals surface area (Å²) < 4.78 is 0. The smallest absolute Gasteiger partial charge is 0.119 e. The van der Waals surface area contributed by atoms with Crippen LogP contribution < -0.4 is 0 Å². The van der Waals surface area contributed by atoms with Crippen molar-refractivity contribution in [3.05, 3.63) is 58.7 Å². The Bertz CT molecular complexity index is 1100. The molecule has 6 saturated carbocycles. The minimum atomic E-state index is 0.218. The number of aromatic hydroxyl groups is 2. The SMILES string of the molecule is CCC12CC3CC(c4ccc(O)c(C5CCCCC5)c4)(C1)CC(c1ccc(O)c(C4CCCCC4)c1)(C3)C2. The summed E-state index contributed by atoms with van der Waals surface area (Å²) in [7, 11) is 0. The molecule has 204 valence electrons. The van der Waals surface area contributed by atoms with Gasteiger partial charge in [0.05, 0.1) is 0 Å². The Hall–Kier alpha value is -1.96. The van der Waals surface area contributed by atoms with Gasteiger partial charge in [-0.3, -0.25) is 0 Å². The predicted octanol–water partition coefficient (Wildman–Crippen LogP) is 9.76. The largest absolute Gasteiger partial charge is 0.508 e. The Morgan fingerprint density at radius 1 is 0.632 bits per heavy atom. The monoisotopic (exact) mass is 512 g/mol. The van der Waals surface area contributed by atoms with Gasteiger partial charge >= 0.3 is 0 Å². The van der Waals surface area contributed by atoms with Crippen molar-refractivity contribution in [2.75, 3.05) is 0 Å². The summed E-state index contributed by atoms with van der Waals surface area (Å²) in [5, 5.41) is 21.9. The Kier molecular flexibility index (Phi) is 6.13. The molecule has 0 aliphatic heterocycles. The summed E-state index contributed by atoms with van der Waals surface area (Å²) in [4.78, 5) is 0.